The summed E-state index contributed by atoms with van der Waals surface area (Å²) < 4.78 is 13.1. The molecule has 1 aromatic rings. The van der Waals surface area contributed by atoms with Gasteiger partial charge >= 0.3 is 0 Å². The van der Waals surface area contributed by atoms with Crippen molar-refractivity contribution in [3.8, 4) is 0 Å². The molecule has 0 aliphatic carbocycles. The van der Waals surface area contributed by atoms with Crippen LogP contribution in [0.4, 0.5) is 4.39 Å². The molecule has 2 rings (SSSR count). The Morgan fingerprint density at radius 1 is 1.24 bits per heavy atom. The molecule has 1 fully saturated rings. The second-order valence-corrected chi connectivity index (χ2v) is 6.19. The molecule has 1 heterocycles. The second kappa shape index (κ2) is 7.87. The third-order valence-electron chi connectivity index (χ3n) is 4.40. The van der Waals surface area contributed by atoms with Crippen molar-refractivity contribution in [1.82, 2.24) is 15.1 Å². The maximum Gasteiger partial charge on any atom is 0.123 e. The monoisotopic (exact) mass is 293 g/mol. The minimum atomic E-state index is -0.164. The van der Waals surface area contributed by atoms with Gasteiger partial charge in [-0.3, -0.25) is 0 Å². The van der Waals surface area contributed by atoms with Gasteiger partial charge in [0.1, 0.15) is 5.82 Å². The number of likely N-dealkylation sites (N-methyl/N-ethyl adjacent to an activating group) is 2. The summed E-state index contributed by atoms with van der Waals surface area (Å²) in [4.78, 5) is 4.84. The van der Waals surface area contributed by atoms with Gasteiger partial charge in [-0.25, -0.2) is 4.39 Å². The summed E-state index contributed by atoms with van der Waals surface area (Å²) in [6.07, 6.45) is 2.17. The predicted molar refractivity (Wildman–Crippen MR) is 86.0 cm³/mol. The Morgan fingerprint density at radius 2 is 1.95 bits per heavy atom. The molecule has 0 spiro atoms. The summed E-state index contributed by atoms with van der Waals surface area (Å²) in [5.41, 5.74) is 1.19. The fraction of sp³-hybridized carbons (Fsp3) is 0.647. The van der Waals surface area contributed by atoms with Crippen LogP contribution in [0.15, 0.2) is 24.3 Å². The van der Waals surface area contributed by atoms with Gasteiger partial charge in [0, 0.05) is 31.7 Å². The van der Waals surface area contributed by atoms with E-state index in [0.717, 1.165) is 39.0 Å². The van der Waals surface area contributed by atoms with E-state index in [2.05, 4.69) is 36.1 Å². The summed E-state index contributed by atoms with van der Waals surface area (Å²) in [6.45, 7) is 6.52. The number of nitrogens with one attached hydrogen (secondary N) is 1. The van der Waals surface area contributed by atoms with Crippen LogP contribution in [0, 0.1) is 5.82 Å². The van der Waals surface area contributed by atoms with Crippen molar-refractivity contribution in [3.05, 3.63) is 35.6 Å². The van der Waals surface area contributed by atoms with Crippen molar-refractivity contribution in [2.45, 2.75) is 31.8 Å². The van der Waals surface area contributed by atoms with E-state index in [1.165, 1.54) is 5.56 Å². The number of halogens is 1. The molecule has 21 heavy (non-hydrogen) atoms. The van der Waals surface area contributed by atoms with Crippen LogP contribution < -0.4 is 5.32 Å². The summed E-state index contributed by atoms with van der Waals surface area (Å²) in [7, 11) is 4.39. The van der Waals surface area contributed by atoms with Crippen molar-refractivity contribution in [2.75, 3.05) is 40.3 Å². The Labute approximate surface area is 128 Å². The van der Waals surface area contributed by atoms with E-state index in [4.69, 9.17) is 0 Å². The average Bonchev–Trinajstić information content (AvgIpc) is 2.48. The summed E-state index contributed by atoms with van der Waals surface area (Å²) in [5, 5.41) is 3.62. The number of piperazine rings is 1. The highest BCUT2D eigenvalue weighted by molar-refractivity contribution is 5.20. The smallest absolute Gasteiger partial charge is 0.123 e. The van der Waals surface area contributed by atoms with Gasteiger partial charge in [0.2, 0.25) is 0 Å². The zero-order valence-corrected chi connectivity index (χ0v) is 13.5. The first-order valence-electron chi connectivity index (χ1n) is 7.97. The summed E-state index contributed by atoms with van der Waals surface area (Å²) in [5.74, 6) is -0.164. The lowest BCUT2D eigenvalue weighted by molar-refractivity contribution is 0.101. The van der Waals surface area contributed by atoms with Gasteiger partial charge < -0.3 is 15.1 Å². The highest BCUT2D eigenvalue weighted by Crippen LogP contribution is 2.23. The molecule has 2 atom stereocenters. The number of hydrogen-bond donors (Lipinski definition) is 1. The Morgan fingerprint density at radius 3 is 2.62 bits per heavy atom. The highest BCUT2D eigenvalue weighted by Gasteiger charge is 2.25. The van der Waals surface area contributed by atoms with Crippen LogP contribution in [-0.2, 0) is 0 Å². The molecule has 0 amide bonds. The first-order valence-corrected chi connectivity index (χ1v) is 7.97. The predicted octanol–water partition coefficient (Wildman–Crippen LogP) is 2.50. The van der Waals surface area contributed by atoms with Crippen molar-refractivity contribution >= 4 is 0 Å². The van der Waals surface area contributed by atoms with E-state index in [9.17, 15) is 4.39 Å². The van der Waals surface area contributed by atoms with E-state index >= 15 is 0 Å². The first kappa shape index (κ1) is 16.4. The van der Waals surface area contributed by atoms with Crippen LogP contribution in [-0.4, -0.2) is 56.1 Å². The lowest BCUT2D eigenvalue weighted by Gasteiger charge is -2.39. The third-order valence-corrected chi connectivity index (χ3v) is 4.40. The zero-order valence-electron chi connectivity index (χ0n) is 13.5. The second-order valence-electron chi connectivity index (χ2n) is 6.19. The Bertz CT molecular complexity index is 421. The van der Waals surface area contributed by atoms with Gasteiger partial charge in [-0.2, -0.15) is 0 Å². The van der Waals surface area contributed by atoms with E-state index < -0.39 is 0 Å². The topological polar surface area (TPSA) is 18.5 Å². The molecule has 1 aliphatic heterocycles. The molecule has 118 valence electrons. The maximum atomic E-state index is 13.1. The number of nitrogens with zero attached hydrogens (tertiary/aromatic N) is 2. The number of benzene rings is 1. The minimum Gasteiger partial charge on any atom is -0.310 e. The average molecular weight is 293 g/mol. The van der Waals surface area contributed by atoms with Crippen LogP contribution in [0.25, 0.3) is 0 Å². The van der Waals surface area contributed by atoms with Gasteiger partial charge in [-0.05, 0) is 51.2 Å². The highest BCUT2D eigenvalue weighted by atomic mass is 19.1. The van der Waals surface area contributed by atoms with E-state index in [1.807, 2.05) is 12.1 Å². The van der Waals surface area contributed by atoms with Crippen molar-refractivity contribution in [1.29, 1.82) is 0 Å². The quantitative estimate of drug-likeness (QED) is 0.869. The summed E-state index contributed by atoms with van der Waals surface area (Å²) in [6, 6.07) is 7.79. The summed E-state index contributed by atoms with van der Waals surface area (Å²) >= 11 is 0. The SMILES string of the molecule is CCCNC(CC1CN(C)CCN1C)c1ccc(F)cc1. The van der Waals surface area contributed by atoms with E-state index in [1.54, 1.807) is 12.1 Å². The number of hydrogen-bond acceptors (Lipinski definition) is 3. The maximum absolute atomic E-state index is 13.1. The lowest BCUT2D eigenvalue weighted by Crippen LogP contribution is -2.51. The van der Waals surface area contributed by atoms with Crippen LogP contribution in [0.5, 0.6) is 0 Å². The zero-order chi connectivity index (χ0) is 15.2. The Kier molecular flexibility index (Phi) is 6.15. The molecule has 1 saturated heterocycles. The molecular weight excluding hydrogens is 265 g/mol. The van der Waals surface area contributed by atoms with Gasteiger partial charge in [-0.1, -0.05) is 19.1 Å². The molecule has 0 saturated carbocycles. The largest absolute Gasteiger partial charge is 0.310 e. The molecule has 0 bridgehead atoms. The van der Waals surface area contributed by atoms with Crippen molar-refractivity contribution in [3.63, 3.8) is 0 Å². The van der Waals surface area contributed by atoms with E-state index in [-0.39, 0.29) is 5.82 Å². The van der Waals surface area contributed by atoms with Crippen LogP contribution in [0.2, 0.25) is 0 Å². The minimum absolute atomic E-state index is 0.164. The molecule has 0 aromatic heterocycles. The van der Waals surface area contributed by atoms with Gasteiger partial charge in [0.25, 0.3) is 0 Å². The Hall–Kier alpha value is -0.970. The van der Waals surface area contributed by atoms with Gasteiger partial charge in [-0.15, -0.1) is 0 Å². The first-order chi connectivity index (χ1) is 10.1. The molecular formula is C17H28FN3. The number of rotatable bonds is 6. The normalized spacial score (nSPS) is 22.4. The standard InChI is InChI=1S/C17H28FN3/c1-4-9-19-17(14-5-7-15(18)8-6-14)12-16-13-20(2)10-11-21(16)3/h5-8,16-17,19H,4,9-13H2,1-3H3. The van der Waals surface area contributed by atoms with Crippen LogP contribution in [0.1, 0.15) is 31.4 Å². The van der Waals surface area contributed by atoms with Crippen molar-refractivity contribution < 1.29 is 4.39 Å². The molecule has 1 N–H and O–H groups in total. The van der Waals surface area contributed by atoms with Gasteiger partial charge in [0.05, 0.1) is 0 Å². The van der Waals surface area contributed by atoms with E-state index in [0.29, 0.717) is 12.1 Å². The lowest BCUT2D eigenvalue weighted by atomic mass is 9.97. The molecule has 3 nitrogen and oxygen atoms in total. The van der Waals surface area contributed by atoms with Crippen LogP contribution >= 0.6 is 0 Å². The molecule has 0 radical (unpaired) electrons. The third kappa shape index (κ3) is 4.77. The van der Waals surface area contributed by atoms with Crippen molar-refractivity contribution in [2.24, 2.45) is 0 Å². The fourth-order valence-corrected chi connectivity index (χ4v) is 2.98. The molecule has 1 aromatic carbocycles. The van der Waals surface area contributed by atoms with Crippen LogP contribution in [0.3, 0.4) is 0 Å². The molecule has 2 unspecified atom stereocenters. The molecule has 4 heteroatoms. The fourth-order valence-electron chi connectivity index (χ4n) is 2.98. The van der Waals surface area contributed by atoms with Gasteiger partial charge in [0.15, 0.2) is 0 Å². The Balaban J connectivity index is 2.06. The molecule has 1 aliphatic rings.